The normalized spacial score (nSPS) is 28.7. The Morgan fingerprint density at radius 3 is 2.59 bits per heavy atom. The molecule has 1 aromatic rings. The van der Waals surface area contributed by atoms with Gasteiger partial charge in [-0.15, -0.1) is 0 Å². The Bertz CT molecular complexity index is 884. The average Bonchev–Trinajstić information content (AvgIpc) is 3.14. The van der Waals surface area contributed by atoms with Gasteiger partial charge in [0.25, 0.3) is 0 Å². The van der Waals surface area contributed by atoms with Gasteiger partial charge < -0.3 is 9.84 Å². The first-order chi connectivity index (χ1) is 16.0. The van der Waals surface area contributed by atoms with Gasteiger partial charge in [0.05, 0.1) is 11.5 Å². The van der Waals surface area contributed by atoms with Crippen molar-refractivity contribution in [1.82, 2.24) is 0 Å². The highest BCUT2D eigenvalue weighted by Gasteiger charge is 2.51. The SMILES string of the molecule is C=C(COC(=O)C(C)(C)C)[C@H](c1ccccc1)[C@@H](O)C[C@@H](C)[C@H]1CC[C@H]2C(=CBr)CCC[C@]12C. The third kappa shape index (κ3) is 5.87. The second-order valence-corrected chi connectivity index (χ2v) is 12.4. The molecular formula is C30H43BrO3. The van der Waals surface area contributed by atoms with Crippen molar-refractivity contribution in [2.24, 2.45) is 28.6 Å². The Morgan fingerprint density at radius 2 is 1.97 bits per heavy atom. The number of aliphatic hydroxyl groups excluding tert-OH is 1. The lowest BCUT2D eigenvalue weighted by Gasteiger charge is -2.44. The van der Waals surface area contributed by atoms with Crippen LogP contribution in [0.4, 0.5) is 0 Å². The van der Waals surface area contributed by atoms with E-state index in [1.807, 2.05) is 51.1 Å². The van der Waals surface area contributed by atoms with Crippen LogP contribution in [0.2, 0.25) is 0 Å². The fourth-order valence-corrected chi connectivity index (χ4v) is 7.23. The number of carbonyl (C=O) groups is 1. The van der Waals surface area contributed by atoms with Gasteiger partial charge in [0, 0.05) is 5.92 Å². The van der Waals surface area contributed by atoms with Crippen LogP contribution >= 0.6 is 15.9 Å². The summed E-state index contributed by atoms with van der Waals surface area (Å²) in [6, 6.07) is 10.0. The van der Waals surface area contributed by atoms with Crippen LogP contribution in [0.1, 0.15) is 84.6 Å². The number of rotatable bonds is 8. The number of aliphatic hydroxyl groups is 1. The Kier molecular flexibility index (Phi) is 8.90. The highest BCUT2D eigenvalue weighted by molar-refractivity contribution is 9.11. The van der Waals surface area contributed by atoms with Gasteiger partial charge in [-0.2, -0.15) is 0 Å². The Balaban J connectivity index is 1.75. The summed E-state index contributed by atoms with van der Waals surface area (Å²) in [5.74, 6) is 1.14. The number of hydrogen-bond acceptors (Lipinski definition) is 3. The molecule has 2 saturated carbocycles. The third-order valence-electron chi connectivity index (χ3n) is 8.46. The Labute approximate surface area is 215 Å². The minimum atomic E-state index is -0.573. The van der Waals surface area contributed by atoms with Crippen molar-refractivity contribution in [2.45, 2.75) is 85.2 Å². The lowest BCUT2D eigenvalue weighted by Crippen LogP contribution is -2.37. The number of halogens is 1. The largest absolute Gasteiger partial charge is 0.461 e. The standard InChI is InChI=1S/C30H43BrO3/c1-20(24-14-15-25-23(18-31)13-10-16-30(24,25)6)17-26(32)27(22-11-8-7-9-12-22)21(2)19-34-28(33)29(3,4)5/h7-9,11-12,18,20,24-27,32H,2,10,13-17,19H2,1,3-6H3/t20-,24-,25+,26+,27-,30-/m1/s1. The van der Waals surface area contributed by atoms with Gasteiger partial charge in [0.1, 0.15) is 6.61 Å². The molecule has 1 aromatic carbocycles. The lowest BCUT2D eigenvalue weighted by atomic mass is 9.61. The molecule has 0 aromatic heterocycles. The highest BCUT2D eigenvalue weighted by Crippen LogP contribution is 2.60. The molecule has 4 heteroatoms. The van der Waals surface area contributed by atoms with E-state index in [-0.39, 0.29) is 18.5 Å². The van der Waals surface area contributed by atoms with E-state index < -0.39 is 11.5 Å². The van der Waals surface area contributed by atoms with Gasteiger partial charge in [-0.25, -0.2) is 0 Å². The van der Waals surface area contributed by atoms with Gasteiger partial charge in [0.15, 0.2) is 0 Å². The lowest BCUT2D eigenvalue weighted by molar-refractivity contribution is -0.152. The predicted octanol–water partition coefficient (Wildman–Crippen LogP) is 7.80. The first kappa shape index (κ1) is 27.2. The van der Waals surface area contributed by atoms with E-state index in [4.69, 9.17) is 4.74 Å². The van der Waals surface area contributed by atoms with Gasteiger partial charge >= 0.3 is 5.97 Å². The van der Waals surface area contributed by atoms with Gasteiger partial charge in [0.2, 0.25) is 0 Å². The Morgan fingerprint density at radius 1 is 1.29 bits per heavy atom. The topological polar surface area (TPSA) is 46.5 Å². The molecule has 0 saturated heterocycles. The fourth-order valence-electron chi connectivity index (χ4n) is 6.68. The van der Waals surface area contributed by atoms with Crippen LogP contribution in [0, 0.1) is 28.6 Å². The summed E-state index contributed by atoms with van der Waals surface area (Å²) in [5, 5.41) is 11.5. The number of benzene rings is 1. The summed E-state index contributed by atoms with van der Waals surface area (Å²) in [5.41, 5.74) is 3.09. The molecule has 6 atom stereocenters. The van der Waals surface area contributed by atoms with Crippen LogP contribution < -0.4 is 0 Å². The molecule has 3 nitrogen and oxygen atoms in total. The maximum Gasteiger partial charge on any atom is 0.311 e. The molecule has 2 aliphatic rings. The molecule has 188 valence electrons. The minimum absolute atomic E-state index is 0.129. The summed E-state index contributed by atoms with van der Waals surface area (Å²) in [4.78, 5) is 14.5. The number of ether oxygens (including phenoxy) is 1. The summed E-state index contributed by atoms with van der Waals surface area (Å²) in [6.45, 7) is 14.7. The number of hydrogen-bond donors (Lipinski definition) is 1. The highest BCUT2D eigenvalue weighted by atomic mass is 79.9. The number of allylic oxidation sites excluding steroid dienone is 1. The second kappa shape index (κ2) is 11.1. The van der Waals surface area contributed by atoms with E-state index in [1.54, 1.807) is 5.57 Å². The zero-order valence-electron chi connectivity index (χ0n) is 21.6. The van der Waals surface area contributed by atoms with Gasteiger partial charge in [-0.3, -0.25) is 4.79 Å². The first-order valence-electron chi connectivity index (χ1n) is 12.9. The molecule has 0 amide bonds. The Hall–Kier alpha value is -1.39. The number of fused-ring (bicyclic) bond motifs is 1. The van der Waals surface area contributed by atoms with Crippen molar-refractivity contribution in [1.29, 1.82) is 0 Å². The quantitative estimate of drug-likeness (QED) is 0.275. The maximum atomic E-state index is 12.3. The minimum Gasteiger partial charge on any atom is -0.461 e. The van der Waals surface area contributed by atoms with E-state index in [9.17, 15) is 9.90 Å². The van der Waals surface area contributed by atoms with Crippen molar-refractivity contribution in [3.05, 3.63) is 58.6 Å². The summed E-state index contributed by atoms with van der Waals surface area (Å²) >= 11 is 3.62. The van der Waals surface area contributed by atoms with E-state index in [0.29, 0.717) is 29.6 Å². The predicted molar refractivity (Wildman–Crippen MR) is 144 cm³/mol. The van der Waals surface area contributed by atoms with Crippen LogP contribution in [0.3, 0.4) is 0 Å². The van der Waals surface area contributed by atoms with E-state index >= 15 is 0 Å². The van der Waals surface area contributed by atoms with Crippen LogP contribution in [-0.4, -0.2) is 23.8 Å². The van der Waals surface area contributed by atoms with Crippen molar-refractivity contribution >= 4 is 21.9 Å². The third-order valence-corrected chi connectivity index (χ3v) is 9.05. The van der Waals surface area contributed by atoms with E-state index in [1.165, 1.54) is 32.1 Å². The maximum absolute atomic E-state index is 12.3. The van der Waals surface area contributed by atoms with Crippen LogP contribution in [0.15, 0.2) is 53.0 Å². The molecule has 0 bridgehead atoms. The molecule has 0 spiro atoms. The fraction of sp³-hybridized carbons (Fsp3) is 0.633. The number of esters is 1. The number of carbonyl (C=O) groups excluding carboxylic acids is 1. The van der Waals surface area contributed by atoms with Crippen molar-refractivity contribution in [3.63, 3.8) is 0 Å². The van der Waals surface area contributed by atoms with Crippen molar-refractivity contribution < 1.29 is 14.6 Å². The van der Waals surface area contributed by atoms with E-state index in [2.05, 4.69) is 41.3 Å². The molecule has 1 N–H and O–H groups in total. The summed E-state index contributed by atoms with van der Waals surface area (Å²) in [6.07, 6.45) is 6.33. The monoisotopic (exact) mass is 530 g/mol. The molecule has 2 aliphatic carbocycles. The molecule has 0 aliphatic heterocycles. The molecule has 0 heterocycles. The van der Waals surface area contributed by atoms with Gasteiger partial charge in [-0.1, -0.05) is 72.3 Å². The van der Waals surface area contributed by atoms with Crippen molar-refractivity contribution in [2.75, 3.05) is 6.61 Å². The molecule has 34 heavy (non-hydrogen) atoms. The zero-order chi connectivity index (χ0) is 25.1. The van der Waals surface area contributed by atoms with Gasteiger partial charge in [-0.05, 0) is 98.6 Å². The molecule has 2 fully saturated rings. The smallest absolute Gasteiger partial charge is 0.311 e. The molecule has 0 unspecified atom stereocenters. The van der Waals surface area contributed by atoms with Crippen LogP contribution in [0.5, 0.6) is 0 Å². The van der Waals surface area contributed by atoms with Crippen LogP contribution in [0.25, 0.3) is 0 Å². The summed E-state index contributed by atoms with van der Waals surface area (Å²) in [7, 11) is 0. The molecular weight excluding hydrogens is 488 g/mol. The van der Waals surface area contributed by atoms with E-state index in [0.717, 1.165) is 11.1 Å². The second-order valence-electron chi connectivity index (χ2n) is 11.9. The molecule has 0 radical (unpaired) electrons. The summed E-state index contributed by atoms with van der Waals surface area (Å²) < 4.78 is 5.58. The van der Waals surface area contributed by atoms with Crippen molar-refractivity contribution in [3.8, 4) is 0 Å². The molecule has 3 rings (SSSR count). The average molecular weight is 532 g/mol. The first-order valence-corrected chi connectivity index (χ1v) is 13.8. The van der Waals surface area contributed by atoms with Crippen LogP contribution in [-0.2, 0) is 9.53 Å². The zero-order valence-corrected chi connectivity index (χ0v) is 23.2.